The summed E-state index contributed by atoms with van der Waals surface area (Å²) < 4.78 is 1.15. The molecule has 0 saturated heterocycles. The van der Waals surface area contributed by atoms with Crippen LogP contribution in [0.25, 0.3) is 0 Å². The minimum Gasteiger partial charge on any atom is -0.305 e. The molecule has 0 aliphatic rings. The van der Waals surface area contributed by atoms with Crippen LogP contribution in [-0.4, -0.2) is 10.2 Å². The highest BCUT2D eigenvalue weighted by Gasteiger charge is 2.01. The van der Waals surface area contributed by atoms with Gasteiger partial charge in [0.25, 0.3) is 0 Å². The standard InChI is InChI=1S/C9H10BrN3S2/c1-6-12-13-9(15-6)4-11-3-8-2-7(10)5-14-8/h2,5,11H,3-4H2,1H3. The normalized spacial score (nSPS) is 10.8. The molecule has 15 heavy (non-hydrogen) atoms. The first kappa shape index (κ1) is 11.2. The van der Waals surface area contributed by atoms with Crippen LogP contribution in [0.2, 0.25) is 0 Å². The summed E-state index contributed by atoms with van der Waals surface area (Å²) in [5.41, 5.74) is 0. The van der Waals surface area contributed by atoms with Gasteiger partial charge in [0.05, 0.1) is 6.54 Å². The number of nitrogens with zero attached hydrogens (tertiary/aromatic N) is 2. The fourth-order valence-electron chi connectivity index (χ4n) is 1.15. The molecule has 3 nitrogen and oxygen atoms in total. The largest absolute Gasteiger partial charge is 0.305 e. The zero-order valence-corrected chi connectivity index (χ0v) is 11.4. The van der Waals surface area contributed by atoms with E-state index in [9.17, 15) is 0 Å². The molecule has 0 aliphatic heterocycles. The minimum absolute atomic E-state index is 0.793. The highest BCUT2D eigenvalue weighted by atomic mass is 79.9. The second kappa shape index (κ2) is 5.16. The molecule has 2 aromatic rings. The second-order valence-corrected chi connectivity index (χ2v) is 6.23. The number of nitrogens with one attached hydrogen (secondary N) is 1. The van der Waals surface area contributed by atoms with E-state index in [1.807, 2.05) is 6.92 Å². The third-order valence-electron chi connectivity index (χ3n) is 1.77. The SMILES string of the molecule is Cc1nnc(CNCc2cc(Br)cs2)s1. The van der Waals surface area contributed by atoms with Crippen LogP contribution in [0.5, 0.6) is 0 Å². The van der Waals surface area contributed by atoms with Crippen molar-refractivity contribution in [2.24, 2.45) is 0 Å². The number of hydrogen-bond donors (Lipinski definition) is 1. The van der Waals surface area contributed by atoms with Crippen LogP contribution in [0.3, 0.4) is 0 Å². The Morgan fingerprint density at radius 3 is 2.87 bits per heavy atom. The van der Waals surface area contributed by atoms with Crippen molar-refractivity contribution in [1.82, 2.24) is 15.5 Å². The molecule has 0 bridgehead atoms. The molecule has 2 heterocycles. The zero-order valence-electron chi connectivity index (χ0n) is 8.16. The number of rotatable bonds is 4. The van der Waals surface area contributed by atoms with Gasteiger partial charge in [-0.15, -0.1) is 32.9 Å². The van der Waals surface area contributed by atoms with E-state index in [0.29, 0.717) is 0 Å². The van der Waals surface area contributed by atoms with E-state index in [2.05, 4.69) is 42.9 Å². The average molecular weight is 304 g/mol. The van der Waals surface area contributed by atoms with Crippen molar-refractivity contribution < 1.29 is 0 Å². The molecule has 1 N–H and O–H groups in total. The summed E-state index contributed by atoms with van der Waals surface area (Å²) in [7, 11) is 0. The zero-order chi connectivity index (χ0) is 10.7. The molecule has 0 radical (unpaired) electrons. The minimum atomic E-state index is 0.793. The van der Waals surface area contributed by atoms with Crippen molar-refractivity contribution in [2.75, 3.05) is 0 Å². The smallest absolute Gasteiger partial charge is 0.131 e. The van der Waals surface area contributed by atoms with Crippen LogP contribution < -0.4 is 5.32 Å². The van der Waals surface area contributed by atoms with E-state index in [4.69, 9.17) is 0 Å². The average Bonchev–Trinajstić information content (AvgIpc) is 2.76. The Hall–Kier alpha value is -0.300. The third kappa shape index (κ3) is 3.34. The fraction of sp³-hybridized carbons (Fsp3) is 0.333. The number of hydrogen-bond acceptors (Lipinski definition) is 5. The lowest BCUT2D eigenvalue weighted by atomic mass is 10.4. The molecule has 6 heteroatoms. The number of halogens is 1. The fourth-order valence-corrected chi connectivity index (χ4v) is 3.25. The lowest BCUT2D eigenvalue weighted by Crippen LogP contribution is -2.11. The maximum absolute atomic E-state index is 4.05. The number of aromatic nitrogens is 2. The quantitative estimate of drug-likeness (QED) is 0.943. The van der Waals surface area contributed by atoms with Gasteiger partial charge in [0.1, 0.15) is 10.0 Å². The van der Waals surface area contributed by atoms with Gasteiger partial charge in [-0.25, -0.2) is 0 Å². The van der Waals surface area contributed by atoms with Crippen molar-refractivity contribution in [3.8, 4) is 0 Å². The summed E-state index contributed by atoms with van der Waals surface area (Å²) in [5, 5.41) is 15.5. The molecular weight excluding hydrogens is 294 g/mol. The van der Waals surface area contributed by atoms with E-state index in [-0.39, 0.29) is 0 Å². The van der Waals surface area contributed by atoms with Crippen molar-refractivity contribution in [2.45, 2.75) is 20.0 Å². The molecular formula is C9H10BrN3S2. The Bertz CT molecular complexity index is 398. The number of thiophene rings is 1. The van der Waals surface area contributed by atoms with Gasteiger partial charge in [-0.2, -0.15) is 0 Å². The van der Waals surface area contributed by atoms with E-state index < -0.39 is 0 Å². The molecule has 0 amide bonds. The maximum atomic E-state index is 4.05. The summed E-state index contributed by atoms with van der Waals surface area (Å²) in [4.78, 5) is 1.32. The van der Waals surface area contributed by atoms with Crippen LogP contribution in [0.15, 0.2) is 15.9 Å². The molecule has 0 atom stereocenters. The predicted octanol–water partition coefficient (Wildman–Crippen LogP) is 2.96. The first-order valence-electron chi connectivity index (χ1n) is 4.46. The van der Waals surface area contributed by atoms with Gasteiger partial charge >= 0.3 is 0 Å². The number of aryl methyl sites for hydroxylation is 1. The van der Waals surface area contributed by atoms with Gasteiger partial charge in [0.15, 0.2) is 0 Å². The van der Waals surface area contributed by atoms with Gasteiger partial charge < -0.3 is 5.32 Å². The molecule has 0 unspecified atom stereocenters. The Labute approximate surface area is 105 Å². The van der Waals surface area contributed by atoms with Crippen LogP contribution in [-0.2, 0) is 13.1 Å². The summed E-state index contributed by atoms with van der Waals surface area (Å²) >= 11 is 6.82. The Balaban J connectivity index is 1.80. The van der Waals surface area contributed by atoms with Crippen LogP contribution in [0, 0.1) is 6.92 Å². The molecule has 0 fully saturated rings. The van der Waals surface area contributed by atoms with E-state index in [0.717, 1.165) is 27.6 Å². The molecule has 80 valence electrons. The van der Waals surface area contributed by atoms with Gasteiger partial charge in [0.2, 0.25) is 0 Å². The summed E-state index contributed by atoms with van der Waals surface area (Å²) in [6.45, 7) is 3.65. The molecule has 0 aliphatic carbocycles. The molecule has 0 saturated carbocycles. The van der Waals surface area contributed by atoms with Crippen molar-refractivity contribution in [1.29, 1.82) is 0 Å². The van der Waals surface area contributed by atoms with Crippen molar-refractivity contribution in [3.05, 3.63) is 30.8 Å². The van der Waals surface area contributed by atoms with Gasteiger partial charge in [-0.3, -0.25) is 0 Å². The summed E-state index contributed by atoms with van der Waals surface area (Å²) in [6, 6.07) is 2.13. The van der Waals surface area contributed by atoms with Crippen LogP contribution in [0.1, 0.15) is 14.9 Å². The molecule has 0 spiro atoms. The van der Waals surface area contributed by atoms with E-state index in [1.165, 1.54) is 4.88 Å². The summed E-state index contributed by atoms with van der Waals surface area (Å²) in [6.07, 6.45) is 0. The lowest BCUT2D eigenvalue weighted by Gasteiger charge is -1.98. The Kier molecular flexibility index (Phi) is 3.85. The Morgan fingerprint density at radius 2 is 2.27 bits per heavy atom. The first-order chi connectivity index (χ1) is 7.24. The predicted molar refractivity (Wildman–Crippen MR) is 67.2 cm³/mol. The van der Waals surface area contributed by atoms with Crippen molar-refractivity contribution >= 4 is 38.6 Å². The highest BCUT2D eigenvalue weighted by Crippen LogP contribution is 2.19. The van der Waals surface area contributed by atoms with Crippen molar-refractivity contribution in [3.63, 3.8) is 0 Å². The second-order valence-electron chi connectivity index (χ2n) is 3.05. The molecule has 0 aromatic carbocycles. The van der Waals surface area contributed by atoms with Crippen LogP contribution >= 0.6 is 38.6 Å². The third-order valence-corrected chi connectivity index (χ3v) is 4.30. The van der Waals surface area contributed by atoms with Gasteiger partial charge in [0, 0.05) is 21.3 Å². The van der Waals surface area contributed by atoms with Crippen LogP contribution in [0.4, 0.5) is 0 Å². The highest BCUT2D eigenvalue weighted by molar-refractivity contribution is 9.10. The first-order valence-corrected chi connectivity index (χ1v) is 6.95. The van der Waals surface area contributed by atoms with E-state index >= 15 is 0 Å². The topological polar surface area (TPSA) is 37.8 Å². The van der Waals surface area contributed by atoms with Gasteiger partial charge in [-0.1, -0.05) is 0 Å². The lowest BCUT2D eigenvalue weighted by molar-refractivity contribution is 0.690. The van der Waals surface area contributed by atoms with Gasteiger partial charge in [-0.05, 0) is 28.9 Å². The molecule has 2 rings (SSSR count). The molecule has 2 aromatic heterocycles. The van der Waals surface area contributed by atoms with E-state index in [1.54, 1.807) is 22.7 Å². The maximum Gasteiger partial charge on any atom is 0.131 e. The monoisotopic (exact) mass is 303 g/mol. The summed E-state index contributed by atoms with van der Waals surface area (Å²) in [5.74, 6) is 0. The Morgan fingerprint density at radius 1 is 1.40 bits per heavy atom.